The predicted molar refractivity (Wildman–Crippen MR) is 82.7 cm³/mol. The molecule has 3 heteroatoms. The summed E-state index contributed by atoms with van der Waals surface area (Å²) in [5.74, 6) is 0. The fourth-order valence-electron chi connectivity index (χ4n) is 3.08. The summed E-state index contributed by atoms with van der Waals surface area (Å²) in [5, 5.41) is 3.41. The lowest BCUT2D eigenvalue weighted by molar-refractivity contribution is -0.00393. The Balaban J connectivity index is 2.54. The molecule has 1 saturated heterocycles. The molecule has 0 radical (unpaired) electrons. The normalized spacial score (nSPS) is 18.9. The summed E-state index contributed by atoms with van der Waals surface area (Å²) in [6.45, 7) is 11.4. The van der Waals surface area contributed by atoms with E-state index in [0.717, 1.165) is 19.8 Å². The first-order chi connectivity index (χ1) is 9.26. The zero-order valence-electron chi connectivity index (χ0n) is 13.3. The number of unbranched alkanes of at least 4 members (excludes halogenated alkanes) is 2. The lowest BCUT2D eigenvalue weighted by atomic mass is 9.79. The van der Waals surface area contributed by atoms with Gasteiger partial charge < -0.3 is 15.0 Å². The quantitative estimate of drug-likeness (QED) is 0.660. The van der Waals surface area contributed by atoms with Gasteiger partial charge in [-0.05, 0) is 51.2 Å². The Morgan fingerprint density at radius 2 is 1.63 bits per heavy atom. The smallest absolute Gasteiger partial charge is 0.0472 e. The van der Waals surface area contributed by atoms with Gasteiger partial charge in [0.1, 0.15) is 0 Å². The van der Waals surface area contributed by atoms with E-state index in [9.17, 15) is 0 Å². The van der Waals surface area contributed by atoms with Gasteiger partial charge in [-0.2, -0.15) is 0 Å². The molecule has 0 aromatic rings. The van der Waals surface area contributed by atoms with Crippen LogP contribution in [0, 0.1) is 5.41 Å². The average Bonchev–Trinajstić information content (AvgIpc) is 2.43. The van der Waals surface area contributed by atoms with Crippen molar-refractivity contribution in [3.8, 4) is 0 Å². The maximum absolute atomic E-state index is 5.57. The van der Waals surface area contributed by atoms with Gasteiger partial charge in [0.2, 0.25) is 0 Å². The summed E-state index contributed by atoms with van der Waals surface area (Å²) in [6.07, 6.45) is 7.67. The Bertz CT molecular complexity index is 201. The summed E-state index contributed by atoms with van der Waals surface area (Å²) in [6, 6.07) is 0. The van der Waals surface area contributed by atoms with Crippen LogP contribution in [0.25, 0.3) is 0 Å². The highest BCUT2D eigenvalue weighted by molar-refractivity contribution is 4.87. The minimum Gasteiger partial charge on any atom is -0.381 e. The number of hydrogen-bond donors (Lipinski definition) is 1. The van der Waals surface area contributed by atoms with Gasteiger partial charge in [0.05, 0.1) is 0 Å². The second kappa shape index (κ2) is 9.73. The van der Waals surface area contributed by atoms with Crippen LogP contribution in [0.2, 0.25) is 0 Å². The van der Waals surface area contributed by atoms with Crippen molar-refractivity contribution < 1.29 is 4.74 Å². The van der Waals surface area contributed by atoms with E-state index >= 15 is 0 Å². The van der Waals surface area contributed by atoms with Crippen LogP contribution in [0.15, 0.2) is 0 Å². The predicted octanol–water partition coefficient (Wildman–Crippen LogP) is 2.90. The van der Waals surface area contributed by atoms with Gasteiger partial charge in [-0.25, -0.2) is 0 Å². The molecular weight excluding hydrogens is 236 g/mol. The fraction of sp³-hybridized carbons (Fsp3) is 1.00. The van der Waals surface area contributed by atoms with Crippen molar-refractivity contribution in [1.29, 1.82) is 0 Å². The highest BCUT2D eigenvalue weighted by atomic mass is 16.5. The van der Waals surface area contributed by atoms with E-state index in [0.29, 0.717) is 5.41 Å². The molecule has 0 bridgehead atoms. The summed E-state index contributed by atoms with van der Waals surface area (Å²) in [5.41, 5.74) is 0.439. The Morgan fingerprint density at radius 1 is 1.05 bits per heavy atom. The van der Waals surface area contributed by atoms with Crippen molar-refractivity contribution in [3.05, 3.63) is 0 Å². The van der Waals surface area contributed by atoms with E-state index in [4.69, 9.17) is 4.74 Å². The van der Waals surface area contributed by atoms with Gasteiger partial charge >= 0.3 is 0 Å². The Labute approximate surface area is 120 Å². The average molecular weight is 270 g/mol. The van der Waals surface area contributed by atoms with Gasteiger partial charge in [-0.3, -0.25) is 0 Å². The maximum Gasteiger partial charge on any atom is 0.0472 e. The third-order valence-electron chi connectivity index (χ3n) is 4.32. The van der Waals surface area contributed by atoms with Crippen molar-refractivity contribution in [3.63, 3.8) is 0 Å². The van der Waals surface area contributed by atoms with Gasteiger partial charge in [0.25, 0.3) is 0 Å². The minimum atomic E-state index is 0.439. The number of ether oxygens (including phenoxy) is 1. The minimum absolute atomic E-state index is 0.439. The molecule has 1 fully saturated rings. The molecule has 0 unspecified atom stereocenters. The lowest BCUT2D eigenvalue weighted by Gasteiger charge is -2.41. The number of nitrogens with one attached hydrogen (secondary N) is 1. The Kier molecular flexibility index (Phi) is 8.67. The molecule has 1 rings (SSSR count). The van der Waals surface area contributed by atoms with E-state index in [1.807, 2.05) is 0 Å². The lowest BCUT2D eigenvalue weighted by Crippen LogP contribution is -2.47. The highest BCUT2D eigenvalue weighted by Gasteiger charge is 2.33. The van der Waals surface area contributed by atoms with E-state index in [1.54, 1.807) is 0 Å². The third kappa shape index (κ3) is 6.24. The van der Waals surface area contributed by atoms with E-state index in [-0.39, 0.29) is 0 Å². The molecule has 0 aliphatic carbocycles. The molecule has 19 heavy (non-hydrogen) atoms. The largest absolute Gasteiger partial charge is 0.381 e. The first kappa shape index (κ1) is 16.9. The molecule has 0 aromatic carbocycles. The van der Waals surface area contributed by atoms with Crippen molar-refractivity contribution in [2.75, 3.05) is 46.4 Å². The van der Waals surface area contributed by atoms with E-state index in [1.165, 1.54) is 58.2 Å². The van der Waals surface area contributed by atoms with Crippen LogP contribution in [0.5, 0.6) is 0 Å². The van der Waals surface area contributed by atoms with Gasteiger partial charge in [0.15, 0.2) is 0 Å². The topological polar surface area (TPSA) is 24.5 Å². The molecule has 0 aromatic heterocycles. The summed E-state index contributed by atoms with van der Waals surface area (Å²) >= 11 is 0. The molecule has 0 spiro atoms. The number of nitrogens with zero attached hydrogens (tertiary/aromatic N) is 1. The highest BCUT2D eigenvalue weighted by Crippen LogP contribution is 2.31. The second-order valence-electron chi connectivity index (χ2n) is 6.13. The summed E-state index contributed by atoms with van der Waals surface area (Å²) in [4.78, 5) is 2.70. The molecular formula is C16H34N2O. The maximum atomic E-state index is 5.57. The summed E-state index contributed by atoms with van der Waals surface area (Å²) < 4.78 is 5.57. The zero-order chi connectivity index (χ0) is 14.0. The SMILES string of the molecule is CCCCN(CCCC)CC1(CNC)CCOCC1. The fourth-order valence-corrected chi connectivity index (χ4v) is 3.08. The van der Waals surface area contributed by atoms with Crippen LogP contribution in [-0.4, -0.2) is 51.3 Å². The standard InChI is InChI=1S/C16H34N2O/c1-4-6-10-18(11-7-5-2)15-16(14-17-3)8-12-19-13-9-16/h17H,4-15H2,1-3H3. The molecule has 1 aliphatic heterocycles. The van der Waals surface area contributed by atoms with Crippen molar-refractivity contribution in [2.24, 2.45) is 5.41 Å². The molecule has 0 saturated carbocycles. The van der Waals surface area contributed by atoms with Gasteiger partial charge in [-0.15, -0.1) is 0 Å². The molecule has 114 valence electrons. The second-order valence-corrected chi connectivity index (χ2v) is 6.13. The van der Waals surface area contributed by atoms with Crippen LogP contribution < -0.4 is 5.32 Å². The number of rotatable bonds is 10. The molecule has 3 nitrogen and oxygen atoms in total. The number of hydrogen-bond acceptors (Lipinski definition) is 3. The van der Waals surface area contributed by atoms with Crippen LogP contribution in [-0.2, 0) is 4.74 Å². The molecule has 0 atom stereocenters. The van der Waals surface area contributed by atoms with E-state index in [2.05, 4.69) is 31.1 Å². The Hall–Kier alpha value is -0.120. The monoisotopic (exact) mass is 270 g/mol. The van der Waals surface area contributed by atoms with Crippen LogP contribution in [0.3, 0.4) is 0 Å². The van der Waals surface area contributed by atoms with Crippen LogP contribution in [0.1, 0.15) is 52.4 Å². The van der Waals surface area contributed by atoms with Crippen LogP contribution >= 0.6 is 0 Å². The van der Waals surface area contributed by atoms with Gasteiger partial charge in [-0.1, -0.05) is 26.7 Å². The van der Waals surface area contributed by atoms with Crippen molar-refractivity contribution in [2.45, 2.75) is 52.4 Å². The summed E-state index contributed by atoms with van der Waals surface area (Å²) in [7, 11) is 2.08. The zero-order valence-corrected chi connectivity index (χ0v) is 13.3. The molecule has 1 N–H and O–H groups in total. The third-order valence-corrected chi connectivity index (χ3v) is 4.32. The van der Waals surface area contributed by atoms with Crippen molar-refractivity contribution in [1.82, 2.24) is 10.2 Å². The van der Waals surface area contributed by atoms with Crippen LogP contribution in [0.4, 0.5) is 0 Å². The van der Waals surface area contributed by atoms with Gasteiger partial charge in [0, 0.05) is 26.3 Å². The Morgan fingerprint density at radius 3 is 2.11 bits per heavy atom. The molecule has 1 heterocycles. The molecule has 1 aliphatic rings. The first-order valence-corrected chi connectivity index (χ1v) is 8.21. The van der Waals surface area contributed by atoms with E-state index < -0.39 is 0 Å². The first-order valence-electron chi connectivity index (χ1n) is 8.21. The van der Waals surface area contributed by atoms with Crippen molar-refractivity contribution >= 4 is 0 Å². The molecule has 0 amide bonds.